The third-order valence-corrected chi connectivity index (χ3v) is 6.35. The molecule has 11 heteroatoms. The van der Waals surface area contributed by atoms with Crippen LogP contribution in [0.4, 0.5) is 9.59 Å². The summed E-state index contributed by atoms with van der Waals surface area (Å²) in [6.07, 6.45) is 4.76. The fraction of sp³-hybridized carbons (Fsp3) is 0.217. The molecular weight excluding hydrogens is 458 g/mol. The lowest BCUT2D eigenvalue weighted by atomic mass is 9.92. The molecule has 2 aliphatic heterocycles. The van der Waals surface area contributed by atoms with Gasteiger partial charge >= 0.3 is 6.03 Å². The molecule has 2 fully saturated rings. The highest BCUT2D eigenvalue weighted by molar-refractivity contribution is 8.18. The van der Waals surface area contributed by atoms with Crippen molar-refractivity contribution >= 4 is 46.8 Å². The topological polar surface area (TPSA) is 129 Å². The van der Waals surface area contributed by atoms with Crippen molar-refractivity contribution in [1.29, 1.82) is 0 Å². The molecule has 2 saturated heterocycles. The molecule has 0 aliphatic carbocycles. The predicted molar refractivity (Wildman–Crippen MR) is 124 cm³/mol. The maximum Gasteiger partial charge on any atom is 0.325 e. The van der Waals surface area contributed by atoms with E-state index in [9.17, 15) is 24.0 Å². The zero-order chi connectivity index (χ0) is 24.3. The van der Waals surface area contributed by atoms with Crippen molar-refractivity contribution in [2.24, 2.45) is 0 Å². The number of urea groups is 1. The first-order valence-electron chi connectivity index (χ1n) is 10.4. The lowest BCUT2D eigenvalue weighted by Gasteiger charge is -2.22. The number of hydrogen-bond acceptors (Lipinski definition) is 7. The summed E-state index contributed by atoms with van der Waals surface area (Å²) in [5.41, 5.74) is 0.0358. The Morgan fingerprint density at radius 1 is 1.12 bits per heavy atom. The van der Waals surface area contributed by atoms with Crippen molar-refractivity contribution in [2.75, 3.05) is 19.6 Å². The van der Waals surface area contributed by atoms with Crippen LogP contribution >= 0.6 is 11.8 Å². The lowest BCUT2D eigenvalue weighted by molar-refractivity contribution is -0.134. The summed E-state index contributed by atoms with van der Waals surface area (Å²) in [7, 11) is 0. The summed E-state index contributed by atoms with van der Waals surface area (Å²) >= 11 is 0.812. The number of nitrogens with zero attached hydrogens (tertiary/aromatic N) is 3. The van der Waals surface area contributed by atoms with E-state index in [4.69, 9.17) is 0 Å². The van der Waals surface area contributed by atoms with Crippen LogP contribution < -0.4 is 10.6 Å². The quantitative estimate of drug-likeness (QED) is 0.457. The van der Waals surface area contributed by atoms with Gasteiger partial charge in [-0.05, 0) is 42.0 Å². The van der Waals surface area contributed by atoms with Crippen LogP contribution in [0.25, 0.3) is 6.08 Å². The average molecular weight is 480 g/mol. The maximum absolute atomic E-state index is 12.9. The normalized spacial score (nSPS) is 21.4. The number of rotatable bonds is 7. The number of hydrogen-bond donors (Lipinski definition) is 2. The number of benzene rings is 1. The fourth-order valence-electron chi connectivity index (χ4n) is 3.62. The maximum atomic E-state index is 12.9. The number of pyridine rings is 1. The smallest absolute Gasteiger partial charge is 0.325 e. The molecule has 2 aromatic rings. The van der Waals surface area contributed by atoms with E-state index in [2.05, 4.69) is 15.6 Å². The minimum absolute atomic E-state index is 0.0172. The zero-order valence-corrected chi connectivity index (χ0v) is 19.0. The van der Waals surface area contributed by atoms with E-state index < -0.39 is 41.1 Å². The molecule has 2 N–H and O–H groups in total. The number of aromatic nitrogens is 1. The second kappa shape index (κ2) is 9.48. The summed E-state index contributed by atoms with van der Waals surface area (Å²) in [5, 5.41) is 4.75. The molecule has 2 aliphatic rings. The van der Waals surface area contributed by atoms with Crippen LogP contribution in [0, 0.1) is 0 Å². The van der Waals surface area contributed by atoms with Crippen LogP contribution in [-0.2, 0) is 19.9 Å². The highest BCUT2D eigenvalue weighted by atomic mass is 32.2. The van der Waals surface area contributed by atoms with Crippen molar-refractivity contribution in [3.05, 3.63) is 70.9 Å². The van der Waals surface area contributed by atoms with Gasteiger partial charge in [-0.25, -0.2) is 4.79 Å². The molecule has 0 bridgehead atoms. The predicted octanol–water partition coefficient (Wildman–Crippen LogP) is 1.70. The van der Waals surface area contributed by atoms with Crippen LogP contribution in [0.2, 0.25) is 0 Å². The third-order valence-electron chi connectivity index (χ3n) is 5.44. The van der Waals surface area contributed by atoms with Crippen molar-refractivity contribution in [3.63, 3.8) is 0 Å². The second-order valence-corrected chi connectivity index (χ2v) is 8.78. The second-order valence-electron chi connectivity index (χ2n) is 7.78. The summed E-state index contributed by atoms with van der Waals surface area (Å²) < 4.78 is 0. The zero-order valence-electron chi connectivity index (χ0n) is 18.2. The van der Waals surface area contributed by atoms with Crippen LogP contribution in [0.15, 0.2) is 59.8 Å². The van der Waals surface area contributed by atoms with Gasteiger partial charge in [0.25, 0.3) is 17.1 Å². The number of nitrogens with one attached hydrogen (secondary N) is 2. The first-order valence-corrected chi connectivity index (χ1v) is 11.2. The number of carbonyl (C=O) groups is 5. The molecule has 1 aromatic carbocycles. The van der Waals surface area contributed by atoms with Crippen LogP contribution in [0.3, 0.4) is 0 Å². The standard InChI is InChI=1S/C23H21N5O5S/c1-23(16-7-3-2-4-8-16)20(31)28(21(32)26-23)14-18(29)25-10-11-27-19(30)17(34-22(27)33)12-15-6-5-9-24-13-15/h2-9,12-13H,10-11,14H2,1H3,(H,25,29)(H,26,32)/b17-12+/t23-/m0/s1. The van der Waals surface area contributed by atoms with Gasteiger partial charge in [-0.15, -0.1) is 0 Å². The van der Waals surface area contributed by atoms with E-state index in [1.807, 2.05) is 0 Å². The highest BCUT2D eigenvalue weighted by Gasteiger charge is 2.49. The molecule has 4 rings (SSSR count). The van der Waals surface area contributed by atoms with Crippen LogP contribution in [0.5, 0.6) is 0 Å². The average Bonchev–Trinajstić information content (AvgIpc) is 3.22. The van der Waals surface area contributed by atoms with E-state index in [-0.39, 0.29) is 18.0 Å². The Morgan fingerprint density at radius 3 is 2.59 bits per heavy atom. The monoisotopic (exact) mass is 479 g/mol. The SMILES string of the molecule is C[C@@]1(c2ccccc2)NC(=O)N(CC(=O)NCCN2C(=O)S/C(=C/c3cccnc3)C2=O)C1=O. The summed E-state index contributed by atoms with van der Waals surface area (Å²) in [6, 6.07) is 11.6. The molecular formula is C23H21N5O5S. The molecule has 1 atom stereocenters. The first-order chi connectivity index (χ1) is 16.3. The van der Waals surface area contributed by atoms with Crippen molar-refractivity contribution in [1.82, 2.24) is 25.4 Å². The minimum Gasteiger partial charge on any atom is -0.353 e. The number of thioether (sulfide) groups is 1. The largest absolute Gasteiger partial charge is 0.353 e. The molecule has 3 heterocycles. The molecule has 0 radical (unpaired) electrons. The van der Waals surface area contributed by atoms with Gasteiger partial charge in [-0.1, -0.05) is 36.4 Å². The van der Waals surface area contributed by atoms with Gasteiger partial charge in [0.2, 0.25) is 5.91 Å². The molecule has 0 spiro atoms. The van der Waals surface area contributed by atoms with Crippen molar-refractivity contribution < 1.29 is 24.0 Å². The van der Waals surface area contributed by atoms with E-state index in [0.29, 0.717) is 11.1 Å². The molecule has 0 saturated carbocycles. The van der Waals surface area contributed by atoms with E-state index >= 15 is 0 Å². The van der Waals surface area contributed by atoms with Gasteiger partial charge < -0.3 is 10.6 Å². The third kappa shape index (κ3) is 4.55. The Labute approximate surface area is 199 Å². The highest BCUT2D eigenvalue weighted by Crippen LogP contribution is 2.32. The van der Waals surface area contributed by atoms with Crippen molar-refractivity contribution in [2.45, 2.75) is 12.5 Å². The molecule has 6 amide bonds. The number of carbonyl (C=O) groups excluding carboxylic acids is 5. The Hall–Kier alpha value is -3.99. The van der Waals surface area contributed by atoms with Gasteiger partial charge in [0, 0.05) is 25.5 Å². The summed E-state index contributed by atoms with van der Waals surface area (Å²) in [4.78, 5) is 68.5. The number of imide groups is 2. The van der Waals surface area contributed by atoms with Gasteiger partial charge in [-0.2, -0.15) is 0 Å². The molecule has 1 aromatic heterocycles. The van der Waals surface area contributed by atoms with E-state index in [0.717, 1.165) is 21.6 Å². The lowest BCUT2D eigenvalue weighted by Crippen LogP contribution is -2.44. The van der Waals surface area contributed by atoms with E-state index in [1.54, 1.807) is 67.9 Å². The molecule has 174 valence electrons. The van der Waals surface area contributed by atoms with Gasteiger partial charge in [-0.3, -0.25) is 34.0 Å². The Bertz CT molecular complexity index is 1190. The van der Waals surface area contributed by atoms with Gasteiger partial charge in [0.05, 0.1) is 4.91 Å². The number of amides is 6. The Kier molecular flexibility index (Phi) is 6.46. The van der Waals surface area contributed by atoms with Crippen molar-refractivity contribution in [3.8, 4) is 0 Å². The van der Waals surface area contributed by atoms with Crippen LogP contribution in [0.1, 0.15) is 18.1 Å². The molecule has 10 nitrogen and oxygen atoms in total. The molecule has 0 unspecified atom stereocenters. The summed E-state index contributed by atoms with van der Waals surface area (Å²) in [6.45, 7) is 1.05. The molecule has 34 heavy (non-hydrogen) atoms. The Balaban J connectivity index is 1.31. The van der Waals surface area contributed by atoms with Gasteiger partial charge in [0.1, 0.15) is 12.1 Å². The summed E-state index contributed by atoms with van der Waals surface area (Å²) in [5.74, 6) is -1.58. The fourth-order valence-corrected chi connectivity index (χ4v) is 4.48. The van der Waals surface area contributed by atoms with E-state index in [1.165, 1.54) is 0 Å². The van der Waals surface area contributed by atoms with Crippen LogP contribution in [-0.4, -0.2) is 63.4 Å². The first kappa shape index (κ1) is 23.2. The Morgan fingerprint density at radius 2 is 1.88 bits per heavy atom. The van der Waals surface area contributed by atoms with Gasteiger partial charge in [0.15, 0.2) is 0 Å². The minimum atomic E-state index is -1.26.